The molecule has 2 rings (SSSR count). The van der Waals surface area contributed by atoms with E-state index in [9.17, 15) is 0 Å². The quantitative estimate of drug-likeness (QED) is 0.323. The molecule has 0 heterocycles. The number of rotatable bonds is 5. The minimum atomic E-state index is 0.0624. The topological polar surface area (TPSA) is 30.8 Å². The molecule has 23 heavy (non-hydrogen) atoms. The predicted octanol–water partition coefficient (Wildman–Crippen LogP) is 6.38. The minimum absolute atomic E-state index is 0.0624. The van der Waals surface area contributed by atoms with Crippen LogP contribution in [0.25, 0.3) is 0 Å². The van der Waals surface area contributed by atoms with Crippen LogP contribution in [0.15, 0.2) is 35.5 Å². The minimum Gasteiger partial charge on any atom is -0.486 e. The van der Waals surface area contributed by atoms with Crippen molar-refractivity contribution in [3.63, 3.8) is 0 Å². The molecule has 2 aromatic carbocycles. The van der Waals surface area contributed by atoms with Gasteiger partial charge in [0.05, 0.1) is 20.1 Å². The number of hydrogen-bond donors (Lipinski definition) is 0. The zero-order chi connectivity index (χ0) is 17.0. The second-order valence-corrected chi connectivity index (χ2v) is 6.40. The summed E-state index contributed by atoms with van der Waals surface area (Å²) in [5, 5.41) is 5.89. The van der Waals surface area contributed by atoms with E-state index in [4.69, 9.17) is 67.6 Å². The molecule has 0 bridgehead atoms. The van der Waals surface area contributed by atoms with Crippen molar-refractivity contribution in [1.82, 2.24) is 0 Å². The van der Waals surface area contributed by atoms with Gasteiger partial charge in [0.25, 0.3) is 0 Å². The van der Waals surface area contributed by atoms with Gasteiger partial charge in [-0.05, 0) is 24.3 Å². The van der Waals surface area contributed by atoms with Crippen LogP contribution in [-0.2, 0) is 4.84 Å². The van der Waals surface area contributed by atoms with Crippen LogP contribution in [0.4, 0.5) is 0 Å². The monoisotopic (exact) mass is 411 g/mol. The first-order valence-electron chi connectivity index (χ1n) is 6.25. The van der Waals surface area contributed by atoms with Crippen molar-refractivity contribution in [1.29, 1.82) is 0 Å². The van der Waals surface area contributed by atoms with Crippen molar-refractivity contribution in [2.45, 2.75) is 0 Å². The zero-order valence-corrected chi connectivity index (χ0v) is 15.5. The fraction of sp³-hybridized carbons (Fsp3) is 0.133. The number of hydrogen-bond acceptors (Lipinski definition) is 3. The van der Waals surface area contributed by atoms with Gasteiger partial charge in [0.1, 0.15) is 25.2 Å². The van der Waals surface area contributed by atoms with E-state index in [1.165, 1.54) is 19.2 Å². The molecule has 0 aliphatic heterocycles. The Morgan fingerprint density at radius 1 is 0.913 bits per heavy atom. The van der Waals surface area contributed by atoms with Crippen LogP contribution in [0.3, 0.4) is 0 Å². The maximum Gasteiger partial charge on any atom is 0.140 e. The molecule has 0 radical (unpaired) electrons. The Labute approximate surface area is 158 Å². The maximum absolute atomic E-state index is 6.18. The third-order valence-electron chi connectivity index (χ3n) is 2.78. The van der Waals surface area contributed by atoms with Crippen molar-refractivity contribution in [2.24, 2.45) is 5.16 Å². The number of ether oxygens (including phenoxy) is 1. The van der Waals surface area contributed by atoms with Gasteiger partial charge in [-0.3, -0.25) is 0 Å². The Kier molecular flexibility index (Phi) is 6.69. The normalized spacial score (nSPS) is 11.5. The van der Waals surface area contributed by atoms with Gasteiger partial charge in [0, 0.05) is 16.7 Å². The molecule has 0 saturated carbocycles. The number of oxime groups is 1. The molecule has 3 nitrogen and oxygen atoms in total. The van der Waals surface area contributed by atoms with E-state index in [1.54, 1.807) is 18.2 Å². The first kappa shape index (κ1) is 18.5. The van der Waals surface area contributed by atoms with Gasteiger partial charge in [-0.15, -0.1) is 0 Å². The summed E-state index contributed by atoms with van der Waals surface area (Å²) < 4.78 is 5.65. The Morgan fingerprint density at radius 2 is 1.61 bits per heavy atom. The summed E-state index contributed by atoms with van der Waals surface area (Å²) >= 11 is 30.0. The molecular weight excluding hydrogens is 403 g/mol. The van der Waals surface area contributed by atoms with Crippen LogP contribution >= 0.6 is 58.0 Å². The van der Waals surface area contributed by atoms with E-state index in [0.29, 0.717) is 42.1 Å². The second kappa shape index (κ2) is 8.32. The van der Waals surface area contributed by atoms with Crippen LogP contribution in [0.2, 0.25) is 25.1 Å². The van der Waals surface area contributed by atoms with Gasteiger partial charge in [-0.25, -0.2) is 0 Å². The van der Waals surface area contributed by atoms with Crippen LogP contribution in [0.1, 0.15) is 5.56 Å². The van der Waals surface area contributed by atoms with Crippen LogP contribution in [-0.4, -0.2) is 19.4 Å². The van der Waals surface area contributed by atoms with Crippen LogP contribution in [0.5, 0.6) is 5.75 Å². The maximum atomic E-state index is 6.18. The molecule has 0 aromatic heterocycles. The third-order valence-corrected chi connectivity index (χ3v) is 4.35. The molecule has 0 aliphatic carbocycles. The molecule has 0 amide bonds. The molecule has 122 valence electrons. The predicted molar refractivity (Wildman–Crippen MR) is 97.0 cm³/mol. The van der Waals surface area contributed by atoms with Gasteiger partial charge in [0.2, 0.25) is 0 Å². The average Bonchev–Trinajstić information content (AvgIpc) is 2.48. The lowest BCUT2D eigenvalue weighted by molar-refractivity contribution is 0.210. The SMILES string of the molecule is CON=C(COc1cc(Cl)c(Cl)cc1Cl)c1ccc(Cl)cc1Cl. The van der Waals surface area contributed by atoms with E-state index in [-0.39, 0.29) is 6.61 Å². The van der Waals surface area contributed by atoms with Crippen molar-refractivity contribution < 1.29 is 9.57 Å². The lowest BCUT2D eigenvalue weighted by Gasteiger charge is -2.12. The van der Waals surface area contributed by atoms with Gasteiger partial charge in [-0.2, -0.15) is 0 Å². The molecule has 0 unspecified atom stereocenters. The van der Waals surface area contributed by atoms with E-state index < -0.39 is 0 Å². The van der Waals surface area contributed by atoms with Crippen LogP contribution in [0, 0.1) is 0 Å². The Bertz CT molecular complexity index is 749. The van der Waals surface area contributed by atoms with E-state index >= 15 is 0 Å². The van der Waals surface area contributed by atoms with Crippen molar-refractivity contribution in [3.8, 4) is 5.75 Å². The Morgan fingerprint density at radius 3 is 2.26 bits per heavy atom. The molecule has 0 N–H and O–H groups in total. The number of halogens is 5. The lowest BCUT2D eigenvalue weighted by atomic mass is 10.1. The van der Waals surface area contributed by atoms with Crippen LogP contribution < -0.4 is 4.74 Å². The summed E-state index contributed by atoms with van der Waals surface area (Å²) in [5.74, 6) is 0.370. The van der Waals surface area contributed by atoms with E-state index in [2.05, 4.69) is 5.16 Å². The summed E-state index contributed by atoms with van der Waals surface area (Å²) in [6.07, 6.45) is 0. The highest BCUT2D eigenvalue weighted by atomic mass is 35.5. The summed E-state index contributed by atoms with van der Waals surface area (Å²) in [6, 6.07) is 8.06. The summed E-state index contributed by atoms with van der Waals surface area (Å²) in [4.78, 5) is 4.84. The van der Waals surface area contributed by atoms with Crippen molar-refractivity contribution in [2.75, 3.05) is 13.7 Å². The number of nitrogens with zero attached hydrogens (tertiary/aromatic N) is 1. The molecule has 8 heteroatoms. The summed E-state index contributed by atoms with van der Waals surface area (Å²) in [7, 11) is 1.43. The van der Waals surface area contributed by atoms with Gasteiger partial charge in [-0.1, -0.05) is 63.2 Å². The highest BCUT2D eigenvalue weighted by molar-refractivity contribution is 6.43. The molecule has 0 spiro atoms. The standard InChI is InChI=1S/C15H10Cl5NO2/c1-22-21-14(9-3-2-8(16)4-10(9)17)7-23-15-6-12(19)11(18)5-13(15)20/h2-6H,7H2,1H3. The smallest absolute Gasteiger partial charge is 0.140 e. The van der Waals surface area contributed by atoms with Gasteiger partial charge in [0.15, 0.2) is 0 Å². The largest absolute Gasteiger partial charge is 0.486 e. The summed E-state index contributed by atoms with van der Waals surface area (Å²) in [6.45, 7) is 0.0624. The Hall–Kier alpha value is -0.840. The van der Waals surface area contributed by atoms with E-state index in [1.807, 2.05) is 0 Å². The van der Waals surface area contributed by atoms with Crippen molar-refractivity contribution >= 4 is 63.7 Å². The molecule has 0 saturated heterocycles. The first-order chi connectivity index (χ1) is 10.9. The fourth-order valence-corrected chi connectivity index (χ4v) is 2.86. The third kappa shape index (κ3) is 4.82. The van der Waals surface area contributed by atoms with Crippen molar-refractivity contribution in [3.05, 3.63) is 61.0 Å². The second-order valence-electron chi connectivity index (χ2n) is 4.33. The van der Waals surface area contributed by atoms with Gasteiger partial charge >= 0.3 is 0 Å². The molecular formula is C15H10Cl5NO2. The highest BCUT2D eigenvalue weighted by Crippen LogP contribution is 2.34. The lowest BCUT2D eigenvalue weighted by Crippen LogP contribution is -2.14. The zero-order valence-electron chi connectivity index (χ0n) is 11.7. The Balaban J connectivity index is 2.25. The first-order valence-corrected chi connectivity index (χ1v) is 8.14. The van der Waals surface area contributed by atoms with Gasteiger partial charge < -0.3 is 9.57 Å². The molecule has 2 aromatic rings. The summed E-state index contributed by atoms with van der Waals surface area (Å²) in [5.41, 5.74) is 1.10. The molecule has 0 atom stereocenters. The average molecular weight is 414 g/mol. The molecule has 0 aliphatic rings. The molecule has 0 fully saturated rings. The number of benzene rings is 2. The van der Waals surface area contributed by atoms with E-state index in [0.717, 1.165) is 0 Å². The fourth-order valence-electron chi connectivity index (χ4n) is 1.75. The highest BCUT2D eigenvalue weighted by Gasteiger charge is 2.13.